The fourth-order valence-electron chi connectivity index (χ4n) is 6.81. The molecule has 5 aromatic carbocycles. The third kappa shape index (κ3) is 12.8. The fourth-order valence-corrected chi connectivity index (χ4v) is 7.73. The number of carbonyl (C=O) groups excluding carboxylic acids is 3. The number of thioether (sulfide) groups is 1. The molecule has 0 aliphatic carbocycles. The van der Waals surface area contributed by atoms with Crippen LogP contribution in [0.25, 0.3) is 11.1 Å². The van der Waals surface area contributed by atoms with Gasteiger partial charge in [0, 0.05) is 54.6 Å². The molecule has 0 radical (unpaired) electrons. The minimum Gasteiger partial charge on any atom is -0.397 e. The van der Waals surface area contributed by atoms with E-state index in [2.05, 4.69) is 40.2 Å². The third-order valence-electron chi connectivity index (χ3n) is 9.93. The van der Waals surface area contributed by atoms with Crippen LogP contribution in [-0.4, -0.2) is 34.7 Å². The zero-order valence-corrected chi connectivity index (χ0v) is 33.6. The second kappa shape index (κ2) is 21.3. The number of amides is 3. The molecule has 11 heteroatoms. The molecule has 0 bridgehead atoms. The Morgan fingerprint density at radius 3 is 2.16 bits per heavy atom. The Kier molecular flexibility index (Phi) is 15.5. The average Bonchev–Trinajstić information content (AvgIpc) is 3.24. The van der Waals surface area contributed by atoms with Crippen molar-refractivity contribution in [2.45, 2.75) is 88.4 Å². The molecule has 1 aliphatic rings. The second-order valence-corrected chi connectivity index (χ2v) is 15.6. The molecule has 1 aliphatic heterocycles. The summed E-state index contributed by atoms with van der Waals surface area (Å²) in [6, 6.07) is 39.3. The molecule has 0 aromatic heterocycles. The molecular weight excluding hydrogens is 749 g/mol. The monoisotopic (exact) mass is 800 g/mol. The highest BCUT2D eigenvalue weighted by molar-refractivity contribution is 7.99. The van der Waals surface area contributed by atoms with E-state index in [0.29, 0.717) is 42.9 Å². The van der Waals surface area contributed by atoms with Crippen LogP contribution in [-0.2, 0) is 37.0 Å². The van der Waals surface area contributed by atoms with Gasteiger partial charge < -0.3 is 36.3 Å². The molecule has 0 spiro atoms. The van der Waals surface area contributed by atoms with Crippen LogP contribution in [0.4, 0.5) is 17.1 Å². The van der Waals surface area contributed by atoms with Gasteiger partial charge in [-0.05, 0) is 89.2 Å². The van der Waals surface area contributed by atoms with Gasteiger partial charge in [-0.2, -0.15) is 0 Å². The molecular formula is C47H52N4O6S. The number of unbranched alkanes of at least 4 members (excludes halogenated alkanes) is 3. The zero-order valence-electron chi connectivity index (χ0n) is 32.8. The standard InChI is InChI=1S/C47H52N4O6S/c1-32(53)50-39-22-24-41(25-23-39)58-31-40-28-44(35-20-18-33(30-52)19-21-35)57-47(56-40)38-13-9-12-37(27-38)36-11-8-10-34(26-36)29-49-45(54)16-4-2-3-5-17-46(55)51-43-15-7-6-14-42(43)48/h6-15,18-27,40,44,47,52H,2-5,16-17,28-31,48H2,1H3,(H,49,54)(H,50,53)(H,51,55). The van der Waals surface area contributed by atoms with Gasteiger partial charge in [0.05, 0.1) is 30.2 Å². The summed E-state index contributed by atoms with van der Waals surface area (Å²) in [4.78, 5) is 37.5. The van der Waals surface area contributed by atoms with Gasteiger partial charge in [-0.25, -0.2) is 0 Å². The first-order chi connectivity index (χ1) is 28.2. The summed E-state index contributed by atoms with van der Waals surface area (Å²) >= 11 is 1.70. The lowest BCUT2D eigenvalue weighted by molar-refractivity contribution is -0.245. The van der Waals surface area contributed by atoms with E-state index in [1.165, 1.54) is 6.92 Å². The molecule has 6 N–H and O–H groups in total. The number of hydrogen-bond donors (Lipinski definition) is 5. The molecule has 58 heavy (non-hydrogen) atoms. The SMILES string of the molecule is CC(=O)Nc1ccc(SCC2CC(c3ccc(CO)cc3)OC(c3cccc(-c4cccc(CNC(=O)CCCCCCC(=O)Nc5ccccc5N)c4)c3)O2)cc1. The Morgan fingerprint density at radius 2 is 1.43 bits per heavy atom. The normalized spacial score (nSPS) is 16.3. The van der Waals surface area contributed by atoms with Gasteiger partial charge in [0.1, 0.15) is 0 Å². The molecule has 1 saturated heterocycles. The van der Waals surface area contributed by atoms with Crippen LogP contribution in [0.3, 0.4) is 0 Å². The Bertz CT molecular complexity index is 2130. The third-order valence-corrected chi connectivity index (χ3v) is 11.1. The predicted molar refractivity (Wildman–Crippen MR) is 231 cm³/mol. The summed E-state index contributed by atoms with van der Waals surface area (Å²) in [6.07, 6.45) is 3.87. The molecule has 3 unspecified atom stereocenters. The summed E-state index contributed by atoms with van der Waals surface area (Å²) in [6.45, 7) is 1.90. The van der Waals surface area contributed by atoms with Crippen molar-refractivity contribution < 1.29 is 29.0 Å². The smallest absolute Gasteiger partial charge is 0.224 e. The number of anilines is 3. The first-order valence-corrected chi connectivity index (χ1v) is 20.8. The van der Waals surface area contributed by atoms with E-state index >= 15 is 0 Å². The molecule has 0 saturated carbocycles. The summed E-state index contributed by atoms with van der Waals surface area (Å²) in [5.41, 5.74) is 13.7. The van der Waals surface area contributed by atoms with Crippen molar-refractivity contribution in [2.75, 3.05) is 22.1 Å². The van der Waals surface area contributed by atoms with Crippen molar-refractivity contribution in [1.29, 1.82) is 0 Å². The van der Waals surface area contributed by atoms with Crippen LogP contribution in [0, 0.1) is 0 Å². The summed E-state index contributed by atoms with van der Waals surface area (Å²) in [5, 5.41) is 18.3. The lowest BCUT2D eigenvalue weighted by Crippen LogP contribution is -2.31. The second-order valence-electron chi connectivity index (χ2n) is 14.5. The van der Waals surface area contributed by atoms with Gasteiger partial charge in [0.15, 0.2) is 6.29 Å². The molecule has 10 nitrogen and oxygen atoms in total. The Balaban J connectivity index is 1.02. The lowest BCUT2D eigenvalue weighted by atomic mass is 9.99. The average molecular weight is 801 g/mol. The van der Waals surface area contributed by atoms with Gasteiger partial charge in [-0.15, -0.1) is 11.8 Å². The number of carbonyl (C=O) groups is 3. The number of para-hydroxylation sites is 2. The Hall–Kier alpha value is -5.46. The number of nitrogens with two attached hydrogens (primary N) is 1. The maximum absolute atomic E-state index is 12.7. The van der Waals surface area contributed by atoms with Crippen molar-refractivity contribution >= 4 is 46.5 Å². The molecule has 3 atom stereocenters. The maximum atomic E-state index is 12.7. The van der Waals surface area contributed by atoms with E-state index in [0.717, 1.165) is 69.6 Å². The van der Waals surface area contributed by atoms with E-state index in [-0.39, 0.29) is 36.5 Å². The van der Waals surface area contributed by atoms with Crippen molar-refractivity contribution in [1.82, 2.24) is 5.32 Å². The summed E-state index contributed by atoms with van der Waals surface area (Å²) in [7, 11) is 0. The number of nitrogens with one attached hydrogen (secondary N) is 3. The van der Waals surface area contributed by atoms with Crippen molar-refractivity contribution in [3.8, 4) is 11.1 Å². The van der Waals surface area contributed by atoms with Crippen molar-refractivity contribution in [3.63, 3.8) is 0 Å². The molecule has 6 rings (SSSR count). The topological polar surface area (TPSA) is 152 Å². The van der Waals surface area contributed by atoms with Gasteiger partial charge in [0.2, 0.25) is 17.7 Å². The minimum atomic E-state index is -0.600. The Morgan fingerprint density at radius 1 is 0.724 bits per heavy atom. The zero-order chi connectivity index (χ0) is 40.7. The maximum Gasteiger partial charge on any atom is 0.224 e. The molecule has 1 fully saturated rings. The van der Waals surface area contributed by atoms with E-state index in [9.17, 15) is 19.5 Å². The number of ether oxygens (including phenoxy) is 2. The van der Waals surface area contributed by atoms with Crippen LogP contribution in [0.15, 0.2) is 126 Å². The number of nitrogen functional groups attached to an aromatic ring is 1. The van der Waals surface area contributed by atoms with Crippen LogP contribution in [0.5, 0.6) is 0 Å². The van der Waals surface area contributed by atoms with Gasteiger partial charge in [-0.3, -0.25) is 14.4 Å². The van der Waals surface area contributed by atoms with E-state index in [4.69, 9.17) is 15.2 Å². The number of hydrogen-bond acceptors (Lipinski definition) is 8. The number of aliphatic hydroxyl groups is 1. The predicted octanol–water partition coefficient (Wildman–Crippen LogP) is 9.32. The molecule has 5 aromatic rings. The number of benzene rings is 5. The lowest BCUT2D eigenvalue weighted by Gasteiger charge is -2.36. The van der Waals surface area contributed by atoms with E-state index in [1.807, 2.05) is 84.9 Å². The number of rotatable bonds is 18. The molecule has 3 amide bonds. The first kappa shape index (κ1) is 42.2. The molecule has 1 heterocycles. The quantitative estimate of drug-likeness (QED) is 0.0334. The van der Waals surface area contributed by atoms with Crippen LogP contribution in [0.1, 0.15) is 86.5 Å². The largest absolute Gasteiger partial charge is 0.397 e. The van der Waals surface area contributed by atoms with Crippen molar-refractivity contribution in [2.24, 2.45) is 0 Å². The van der Waals surface area contributed by atoms with Crippen LogP contribution >= 0.6 is 11.8 Å². The summed E-state index contributed by atoms with van der Waals surface area (Å²) < 4.78 is 13.3. The van der Waals surface area contributed by atoms with Crippen LogP contribution < -0.4 is 21.7 Å². The molecule has 302 valence electrons. The first-order valence-electron chi connectivity index (χ1n) is 19.8. The highest BCUT2D eigenvalue weighted by Gasteiger charge is 2.32. The number of aliphatic hydroxyl groups excluding tert-OH is 1. The Labute approximate surface area is 344 Å². The van der Waals surface area contributed by atoms with Gasteiger partial charge >= 0.3 is 0 Å². The highest BCUT2D eigenvalue weighted by Crippen LogP contribution is 2.40. The van der Waals surface area contributed by atoms with E-state index in [1.54, 1.807) is 23.9 Å². The van der Waals surface area contributed by atoms with Crippen molar-refractivity contribution in [3.05, 3.63) is 144 Å². The highest BCUT2D eigenvalue weighted by atomic mass is 32.2. The van der Waals surface area contributed by atoms with Gasteiger partial charge in [0.25, 0.3) is 0 Å². The van der Waals surface area contributed by atoms with E-state index < -0.39 is 6.29 Å². The summed E-state index contributed by atoms with van der Waals surface area (Å²) in [5.74, 6) is 0.556. The minimum absolute atomic E-state index is 0.00608. The van der Waals surface area contributed by atoms with Crippen LogP contribution in [0.2, 0.25) is 0 Å². The van der Waals surface area contributed by atoms with Gasteiger partial charge in [-0.1, -0.05) is 85.6 Å². The fraction of sp³-hybridized carbons (Fsp3) is 0.298.